The van der Waals surface area contributed by atoms with Crippen molar-refractivity contribution in [1.29, 1.82) is 0 Å². The van der Waals surface area contributed by atoms with Gasteiger partial charge in [0, 0.05) is 25.0 Å². The second kappa shape index (κ2) is 6.71. The van der Waals surface area contributed by atoms with Crippen LogP contribution >= 0.6 is 0 Å². The molecule has 0 bridgehead atoms. The standard InChI is InChI=1S/C22H21N3O3/c1-25(12-14-6-9-19-20(10-14)28-13-27-19)21-11-17(22(26)23-15-7-8-15)16-4-2-3-5-18(16)24-21/h2-6,9-11,15H,7-8,12-13H2,1H3,(H,23,26). The summed E-state index contributed by atoms with van der Waals surface area (Å²) in [7, 11) is 1.98. The van der Waals surface area contributed by atoms with Crippen molar-refractivity contribution in [2.75, 3.05) is 18.7 Å². The van der Waals surface area contributed by atoms with Crippen LogP contribution in [0.25, 0.3) is 10.9 Å². The van der Waals surface area contributed by atoms with E-state index in [2.05, 4.69) is 5.32 Å². The molecule has 2 heterocycles. The molecule has 1 fully saturated rings. The van der Waals surface area contributed by atoms with Gasteiger partial charge in [0.1, 0.15) is 5.82 Å². The molecule has 1 amide bonds. The molecule has 3 aromatic rings. The fourth-order valence-corrected chi connectivity index (χ4v) is 3.43. The average Bonchev–Trinajstić information content (AvgIpc) is 3.40. The topological polar surface area (TPSA) is 63.7 Å². The Morgan fingerprint density at radius 1 is 1.14 bits per heavy atom. The lowest BCUT2D eigenvalue weighted by atomic mass is 10.1. The van der Waals surface area contributed by atoms with Gasteiger partial charge in [0.05, 0.1) is 11.1 Å². The normalized spacial score (nSPS) is 14.9. The van der Waals surface area contributed by atoms with Crippen LogP contribution in [0.15, 0.2) is 48.5 Å². The first-order chi connectivity index (χ1) is 13.7. The molecule has 2 aliphatic rings. The summed E-state index contributed by atoms with van der Waals surface area (Å²) in [5.41, 5.74) is 2.58. The SMILES string of the molecule is CN(Cc1ccc2c(c1)OCO2)c1cc(C(=O)NC2CC2)c2ccccc2n1. The third kappa shape index (κ3) is 3.22. The van der Waals surface area contributed by atoms with Crippen LogP contribution in [-0.2, 0) is 6.54 Å². The summed E-state index contributed by atoms with van der Waals surface area (Å²) in [6.45, 7) is 0.909. The summed E-state index contributed by atoms with van der Waals surface area (Å²) in [4.78, 5) is 19.6. The van der Waals surface area contributed by atoms with Gasteiger partial charge in [-0.25, -0.2) is 4.98 Å². The number of carbonyl (C=O) groups is 1. The number of amides is 1. The van der Waals surface area contributed by atoms with Crippen molar-refractivity contribution in [3.05, 3.63) is 59.7 Å². The summed E-state index contributed by atoms with van der Waals surface area (Å²) in [5, 5.41) is 3.97. The van der Waals surface area contributed by atoms with Crippen molar-refractivity contribution < 1.29 is 14.3 Å². The highest BCUT2D eigenvalue weighted by Crippen LogP contribution is 2.33. The minimum absolute atomic E-state index is 0.0289. The van der Waals surface area contributed by atoms with Crippen LogP contribution in [0, 0.1) is 0 Å². The molecule has 1 saturated carbocycles. The predicted molar refractivity (Wildman–Crippen MR) is 107 cm³/mol. The zero-order chi connectivity index (χ0) is 19.1. The number of carbonyl (C=O) groups excluding carboxylic acids is 1. The first-order valence-electron chi connectivity index (χ1n) is 9.48. The third-order valence-corrected chi connectivity index (χ3v) is 5.11. The maximum atomic E-state index is 12.8. The molecular weight excluding hydrogens is 354 g/mol. The van der Waals surface area contributed by atoms with Gasteiger partial charge in [-0.2, -0.15) is 0 Å². The highest BCUT2D eigenvalue weighted by Gasteiger charge is 2.25. The number of hydrogen-bond donors (Lipinski definition) is 1. The van der Waals surface area contributed by atoms with E-state index in [0.29, 0.717) is 18.2 Å². The van der Waals surface area contributed by atoms with Gasteiger partial charge >= 0.3 is 0 Å². The minimum Gasteiger partial charge on any atom is -0.454 e. The van der Waals surface area contributed by atoms with E-state index in [1.165, 1.54) is 0 Å². The summed E-state index contributed by atoms with van der Waals surface area (Å²) in [6, 6.07) is 15.9. The van der Waals surface area contributed by atoms with Crippen LogP contribution < -0.4 is 19.7 Å². The van der Waals surface area contributed by atoms with Crippen LogP contribution in [0.3, 0.4) is 0 Å². The van der Waals surface area contributed by atoms with E-state index in [-0.39, 0.29) is 12.7 Å². The van der Waals surface area contributed by atoms with Gasteiger partial charge < -0.3 is 19.7 Å². The first kappa shape index (κ1) is 16.9. The Balaban J connectivity index is 1.46. The fourth-order valence-electron chi connectivity index (χ4n) is 3.43. The van der Waals surface area contributed by atoms with E-state index >= 15 is 0 Å². The maximum Gasteiger partial charge on any atom is 0.252 e. The van der Waals surface area contributed by atoms with Crippen LogP contribution in [-0.4, -0.2) is 30.8 Å². The second-order valence-electron chi connectivity index (χ2n) is 7.34. The minimum atomic E-state index is -0.0289. The van der Waals surface area contributed by atoms with Gasteiger partial charge in [-0.3, -0.25) is 4.79 Å². The second-order valence-corrected chi connectivity index (χ2v) is 7.34. The van der Waals surface area contributed by atoms with Gasteiger partial charge in [-0.05, 0) is 42.7 Å². The lowest BCUT2D eigenvalue weighted by Crippen LogP contribution is -2.26. The lowest BCUT2D eigenvalue weighted by Gasteiger charge is -2.20. The van der Waals surface area contributed by atoms with E-state index < -0.39 is 0 Å². The molecule has 1 N–H and O–H groups in total. The van der Waals surface area contributed by atoms with Gasteiger partial charge in [0.25, 0.3) is 5.91 Å². The maximum absolute atomic E-state index is 12.8. The molecule has 0 radical (unpaired) electrons. The van der Waals surface area contributed by atoms with E-state index in [1.54, 1.807) is 0 Å². The van der Waals surface area contributed by atoms with Crippen molar-refractivity contribution in [2.24, 2.45) is 0 Å². The molecule has 0 unspecified atom stereocenters. The van der Waals surface area contributed by atoms with Gasteiger partial charge in [0.2, 0.25) is 6.79 Å². The first-order valence-corrected chi connectivity index (χ1v) is 9.48. The van der Waals surface area contributed by atoms with Crippen molar-refractivity contribution >= 4 is 22.6 Å². The number of para-hydroxylation sites is 1. The Hall–Kier alpha value is -3.28. The summed E-state index contributed by atoms with van der Waals surface area (Å²) in [5.74, 6) is 2.27. The van der Waals surface area contributed by atoms with Crippen molar-refractivity contribution in [1.82, 2.24) is 10.3 Å². The monoisotopic (exact) mass is 375 g/mol. The number of fused-ring (bicyclic) bond motifs is 2. The fraction of sp³-hybridized carbons (Fsp3) is 0.273. The number of anilines is 1. The molecule has 1 aliphatic heterocycles. The van der Waals surface area contributed by atoms with Crippen LogP contribution in [0.1, 0.15) is 28.8 Å². The Morgan fingerprint density at radius 3 is 2.82 bits per heavy atom. The summed E-state index contributed by atoms with van der Waals surface area (Å²) >= 11 is 0. The number of rotatable bonds is 5. The molecule has 0 saturated heterocycles. The van der Waals surface area contributed by atoms with Gasteiger partial charge in [0.15, 0.2) is 11.5 Å². The molecule has 2 aromatic carbocycles. The van der Waals surface area contributed by atoms with Gasteiger partial charge in [-0.15, -0.1) is 0 Å². The van der Waals surface area contributed by atoms with Crippen LogP contribution in [0.5, 0.6) is 11.5 Å². The van der Waals surface area contributed by atoms with E-state index in [1.807, 2.05) is 60.5 Å². The molecule has 6 heteroatoms. The average molecular weight is 375 g/mol. The number of hydrogen-bond acceptors (Lipinski definition) is 5. The molecule has 5 rings (SSSR count). The Kier molecular flexibility index (Phi) is 4.04. The largest absolute Gasteiger partial charge is 0.454 e. The van der Waals surface area contributed by atoms with E-state index in [0.717, 1.165) is 46.6 Å². The van der Waals surface area contributed by atoms with E-state index in [4.69, 9.17) is 14.5 Å². The smallest absolute Gasteiger partial charge is 0.252 e. The number of pyridine rings is 1. The van der Waals surface area contributed by atoms with Crippen LogP contribution in [0.2, 0.25) is 0 Å². The zero-order valence-corrected chi connectivity index (χ0v) is 15.6. The Bertz CT molecular complexity index is 1060. The molecule has 1 aliphatic carbocycles. The lowest BCUT2D eigenvalue weighted by molar-refractivity contribution is 0.0952. The molecule has 28 heavy (non-hydrogen) atoms. The molecule has 0 spiro atoms. The Labute approximate surface area is 163 Å². The molecule has 142 valence electrons. The van der Waals surface area contributed by atoms with Crippen molar-refractivity contribution in [2.45, 2.75) is 25.4 Å². The molecular formula is C22H21N3O3. The molecule has 1 aromatic heterocycles. The van der Waals surface area contributed by atoms with Crippen molar-refractivity contribution in [3.8, 4) is 11.5 Å². The third-order valence-electron chi connectivity index (χ3n) is 5.11. The molecule has 6 nitrogen and oxygen atoms in total. The summed E-state index contributed by atoms with van der Waals surface area (Å²) in [6.07, 6.45) is 2.12. The highest BCUT2D eigenvalue weighted by molar-refractivity contribution is 6.07. The van der Waals surface area contributed by atoms with Crippen molar-refractivity contribution in [3.63, 3.8) is 0 Å². The van der Waals surface area contributed by atoms with Gasteiger partial charge in [-0.1, -0.05) is 24.3 Å². The predicted octanol–water partition coefficient (Wildman–Crippen LogP) is 3.49. The van der Waals surface area contributed by atoms with E-state index in [9.17, 15) is 4.79 Å². The number of benzene rings is 2. The van der Waals surface area contributed by atoms with Crippen LogP contribution in [0.4, 0.5) is 5.82 Å². The highest BCUT2D eigenvalue weighted by atomic mass is 16.7. The number of aromatic nitrogens is 1. The number of nitrogens with zero attached hydrogens (tertiary/aromatic N) is 2. The number of ether oxygens (including phenoxy) is 2. The zero-order valence-electron chi connectivity index (χ0n) is 15.6. The Morgan fingerprint density at radius 2 is 1.96 bits per heavy atom. The molecule has 0 atom stereocenters. The summed E-state index contributed by atoms with van der Waals surface area (Å²) < 4.78 is 10.8. The quantitative estimate of drug-likeness (QED) is 0.740. The number of nitrogens with one attached hydrogen (secondary N) is 1.